The van der Waals surface area contributed by atoms with E-state index < -0.39 is 57.8 Å². The molecular weight excluding hydrogens is 387 g/mol. The maximum atomic E-state index is 16.7. The standard InChI is InChI=1S/C21H28ClFO5/c1-4-5-8-18(2)14(24)7-6-12-13-9-15(25)21(28,17(27)11-22)19(13,3)10-16(26)20(12,18)23/h1,12-13,15-16,25-26,28H,5-11H2,2-3H3/t12-,13-,15+,16-,18-,19-,20-,21-/m0/s1. The molecule has 0 radical (unpaired) electrons. The molecule has 0 aliphatic heterocycles. The van der Waals surface area contributed by atoms with Crippen molar-refractivity contribution in [1.29, 1.82) is 0 Å². The van der Waals surface area contributed by atoms with Gasteiger partial charge < -0.3 is 15.3 Å². The smallest absolute Gasteiger partial charge is 0.182 e. The second kappa shape index (κ2) is 6.77. The Labute approximate surface area is 169 Å². The lowest BCUT2D eigenvalue weighted by Gasteiger charge is -2.61. The van der Waals surface area contributed by atoms with Gasteiger partial charge in [0.15, 0.2) is 17.1 Å². The molecule has 3 N–H and O–H groups in total. The van der Waals surface area contributed by atoms with E-state index in [1.807, 2.05) is 0 Å². The zero-order chi connectivity index (χ0) is 21.1. The highest BCUT2D eigenvalue weighted by Crippen LogP contribution is 2.68. The topological polar surface area (TPSA) is 94.8 Å². The molecule has 3 saturated carbocycles. The van der Waals surface area contributed by atoms with Crippen LogP contribution in [0.25, 0.3) is 0 Å². The first-order valence-electron chi connectivity index (χ1n) is 9.78. The van der Waals surface area contributed by atoms with E-state index in [-0.39, 0.29) is 44.3 Å². The molecule has 3 aliphatic rings. The number of aliphatic hydroxyl groups is 3. The molecule has 0 aromatic carbocycles. The molecule has 0 spiro atoms. The molecule has 3 rings (SSSR count). The number of ketones is 2. The number of hydrogen-bond acceptors (Lipinski definition) is 5. The molecule has 0 bridgehead atoms. The predicted octanol–water partition coefficient (Wildman–Crippen LogP) is 1.78. The van der Waals surface area contributed by atoms with E-state index in [0.717, 1.165) is 0 Å². The Kier molecular flexibility index (Phi) is 5.25. The number of aliphatic hydroxyl groups excluding tert-OH is 2. The second-order valence-electron chi connectivity index (χ2n) is 9.19. The quantitative estimate of drug-likeness (QED) is 0.481. The fourth-order valence-corrected chi connectivity index (χ4v) is 6.77. The molecule has 0 unspecified atom stereocenters. The summed E-state index contributed by atoms with van der Waals surface area (Å²) in [7, 11) is 0. The van der Waals surface area contributed by atoms with E-state index >= 15 is 4.39 Å². The Bertz CT molecular complexity index is 737. The van der Waals surface area contributed by atoms with E-state index in [0.29, 0.717) is 0 Å². The molecule has 5 nitrogen and oxygen atoms in total. The molecular formula is C21H28ClFO5. The van der Waals surface area contributed by atoms with Gasteiger partial charge in [-0.3, -0.25) is 9.59 Å². The minimum atomic E-state index is -2.24. The van der Waals surface area contributed by atoms with E-state index in [2.05, 4.69) is 5.92 Å². The van der Waals surface area contributed by atoms with Crippen molar-refractivity contribution in [3.63, 3.8) is 0 Å². The molecule has 0 saturated heterocycles. The number of terminal acetylenes is 1. The van der Waals surface area contributed by atoms with E-state index in [4.69, 9.17) is 18.0 Å². The molecule has 3 fully saturated rings. The van der Waals surface area contributed by atoms with Gasteiger partial charge in [0.2, 0.25) is 0 Å². The molecule has 0 aromatic rings. The first-order chi connectivity index (χ1) is 12.9. The number of carbonyl (C=O) groups is 2. The lowest BCUT2D eigenvalue weighted by atomic mass is 9.45. The number of Topliss-reactive ketones (excluding diaryl/α,β-unsaturated/α-hetero) is 2. The molecule has 0 heterocycles. The predicted molar refractivity (Wildman–Crippen MR) is 101 cm³/mol. The fourth-order valence-electron chi connectivity index (χ4n) is 6.56. The summed E-state index contributed by atoms with van der Waals surface area (Å²) >= 11 is 5.68. The van der Waals surface area contributed by atoms with E-state index in [9.17, 15) is 24.9 Å². The Balaban J connectivity index is 2.11. The van der Waals surface area contributed by atoms with Gasteiger partial charge >= 0.3 is 0 Å². The minimum absolute atomic E-state index is 0.0120. The Morgan fingerprint density at radius 2 is 1.96 bits per heavy atom. The molecule has 0 aromatic heterocycles. The number of alkyl halides is 2. The second-order valence-corrected chi connectivity index (χ2v) is 9.46. The number of fused-ring (bicyclic) bond motifs is 3. The zero-order valence-electron chi connectivity index (χ0n) is 16.3. The van der Waals surface area contributed by atoms with Gasteiger partial charge in [0.05, 0.1) is 23.5 Å². The SMILES string of the molecule is C#CCC[C@@]1(C)C(=O)CC[C@H]2[C@@H]3C[C@@H](O)[C@](O)(C(=O)CCl)[C@@]3(C)C[C@H](O)[C@@]21F. The lowest BCUT2D eigenvalue weighted by Crippen LogP contribution is -2.71. The highest BCUT2D eigenvalue weighted by atomic mass is 35.5. The first kappa shape index (κ1) is 21.7. The van der Waals surface area contributed by atoms with Gasteiger partial charge in [0, 0.05) is 24.2 Å². The van der Waals surface area contributed by atoms with Crippen molar-refractivity contribution in [2.45, 2.75) is 75.9 Å². The van der Waals surface area contributed by atoms with Crippen LogP contribution in [-0.4, -0.2) is 56.2 Å². The van der Waals surface area contributed by atoms with Crippen LogP contribution < -0.4 is 0 Å². The average Bonchev–Trinajstić information content (AvgIpc) is 2.85. The van der Waals surface area contributed by atoms with Gasteiger partial charge in [0.1, 0.15) is 5.78 Å². The Morgan fingerprint density at radius 1 is 1.32 bits per heavy atom. The number of halogens is 2. The van der Waals surface area contributed by atoms with Crippen LogP contribution in [0.3, 0.4) is 0 Å². The van der Waals surface area contributed by atoms with Crippen LogP contribution in [0, 0.1) is 35.0 Å². The van der Waals surface area contributed by atoms with Gasteiger partial charge in [-0.2, -0.15) is 0 Å². The van der Waals surface area contributed by atoms with Gasteiger partial charge in [-0.1, -0.05) is 6.92 Å². The van der Waals surface area contributed by atoms with Crippen molar-refractivity contribution < 1.29 is 29.3 Å². The summed E-state index contributed by atoms with van der Waals surface area (Å²) in [5.74, 6) is -0.405. The first-order valence-corrected chi connectivity index (χ1v) is 10.3. The average molecular weight is 415 g/mol. The van der Waals surface area contributed by atoms with Crippen molar-refractivity contribution in [2.75, 3.05) is 5.88 Å². The van der Waals surface area contributed by atoms with Gasteiger partial charge in [-0.25, -0.2) is 4.39 Å². The van der Waals surface area contributed by atoms with Crippen molar-refractivity contribution >= 4 is 23.2 Å². The monoisotopic (exact) mass is 414 g/mol. The zero-order valence-corrected chi connectivity index (χ0v) is 17.0. The van der Waals surface area contributed by atoms with E-state index in [1.165, 1.54) is 6.92 Å². The highest BCUT2D eigenvalue weighted by Gasteiger charge is 2.76. The molecule has 156 valence electrons. The maximum absolute atomic E-state index is 16.7. The lowest BCUT2D eigenvalue weighted by molar-refractivity contribution is -0.233. The number of carbonyl (C=O) groups excluding carboxylic acids is 2. The summed E-state index contributed by atoms with van der Waals surface area (Å²) in [6, 6.07) is 0. The van der Waals surface area contributed by atoms with Crippen molar-refractivity contribution in [2.24, 2.45) is 22.7 Å². The van der Waals surface area contributed by atoms with Crippen molar-refractivity contribution in [3.8, 4) is 12.3 Å². The summed E-state index contributed by atoms with van der Waals surface area (Å²) in [6.45, 7) is 3.13. The number of rotatable bonds is 4. The van der Waals surface area contributed by atoms with Crippen LogP contribution in [-0.2, 0) is 9.59 Å². The third-order valence-electron chi connectivity index (χ3n) is 8.24. The maximum Gasteiger partial charge on any atom is 0.182 e. The summed E-state index contributed by atoms with van der Waals surface area (Å²) in [4.78, 5) is 25.2. The summed E-state index contributed by atoms with van der Waals surface area (Å²) < 4.78 is 16.7. The minimum Gasteiger partial charge on any atom is -0.390 e. The summed E-state index contributed by atoms with van der Waals surface area (Å²) in [6.07, 6.45) is 2.76. The van der Waals surface area contributed by atoms with Crippen LogP contribution in [0.1, 0.15) is 52.4 Å². The van der Waals surface area contributed by atoms with Crippen LogP contribution in [0.4, 0.5) is 4.39 Å². The number of hydrogen-bond donors (Lipinski definition) is 3. The van der Waals surface area contributed by atoms with Crippen LogP contribution in [0.2, 0.25) is 0 Å². The van der Waals surface area contributed by atoms with Crippen molar-refractivity contribution in [3.05, 3.63) is 0 Å². The van der Waals surface area contributed by atoms with Crippen LogP contribution >= 0.6 is 11.6 Å². The molecule has 7 heteroatoms. The molecule has 8 atom stereocenters. The summed E-state index contributed by atoms with van der Waals surface area (Å²) in [5, 5.41) is 32.8. The van der Waals surface area contributed by atoms with Gasteiger partial charge in [0.25, 0.3) is 0 Å². The Hall–Kier alpha value is -1.00. The van der Waals surface area contributed by atoms with Gasteiger partial charge in [-0.15, -0.1) is 23.9 Å². The van der Waals surface area contributed by atoms with E-state index in [1.54, 1.807) is 6.92 Å². The molecule has 28 heavy (non-hydrogen) atoms. The third-order valence-corrected chi connectivity index (χ3v) is 8.48. The largest absolute Gasteiger partial charge is 0.390 e. The fraction of sp³-hybridized carbons (Fsp3) is 0.810. The normalized spacial score (nSPS) is 50.6. The highest BCUT2D eigenvalue weighted by molar-refractivity contribution is 6.29. The van der Waals surface area contributed by atoms with Crippen LogP contribution in [0.5, 0.6) is 0 Å². The van der Waals surface area contributed by atoms with Gasteiger partial charge in [-0.05, 0) is 38.5 Å². The Morgan fingerprint density at radius 3 is 2.54 bits per heavy atom. The van der Waals surface area contributed by atoms with Crippen molar-refractivity contribution in [1.82, 2.24) is 0 Å². The molecule has 0 amide bonds. The third kappa shape index (κ3) is 2.37. The molecule has 3 aliphatic carbocycles. The van der Waals surface area contributed by atoms with Crippen LogP contribution in [0.15, 0.2) is 0 Å². The summed E-state index contributed by atoms with van der Waals surface area (Å²) in [5.41, 5.74) is -7.09.